The summed E-state index contributed by atoms with van der Waals surface area (Å²) in [6, 6.07) is 80.4. The summed E-state index contributed by atoms with van der Waals surface area (Å²) >= 11 is 0. The molecule has 5 nitrogen and oxygen atoms in total. The number of nitrogens with zero attached hydrogens (tertiary/aromatic N) is 4. The molecule has 1 aliphatic carbocycles. The van der Waals surface area contributed by atoms with Gasteiger partial charge >= 0.3 is 0 Å². The van der Waals surface area contributed by atoms with E-state index in [9.17, 15) is 0 Å². The first-order valence-electron chi connectivity index (χ1n) is 27.3. The molecule has 11 aromatic rings. The second-order valence-corrected chi connectivity index (χ2v) is 24.1. The van der Waals surface area contributed by atoms with Crippen LogP contribution in [-0.2, 0) is 37.3 Å². The Hall–Kier alpha value is -7.98. The van der Waals surface area contributed by atoms with Crippen molar-refractivity contribution < 1.29 is 25.8 Å². The van der Waals surface area contributed by atoms with Crippen LogP contribution < -0.4 is 14.5 Å². The number of ether oxygens (including phenoxy) is 1. The summed E-state index contributed by atoms with van der Waals surface area (Å²) in [4.78, 5) is 9.76. The van der Waals surface area contributed by atoms with E-state index in [-0.39, 0.29) is 43.2 Å². The number of aromatic nitrogens is 2. The van der Waals surface area contributed by atoms with E-state index in [1.54, 1.807) is 0 Å². The minimum absolute atomic E-state index is 0. The molecule has 9 aromatic carbocycles. The van der Waals surface area contributed by atoms with Gasteiger partial charge in [-0.25, -0.2) is 4.98 Å². The van der Waals surface area contributed by atoms with Gasteiger partial charge in [0.15, 0.2) is 0 Å². The van der Waals surface area contributed by atoms with Crippen LogP contribution in [0.1, 0.15) is 102 Å². The van der Waals surface area contributed by atoms with E-state index >= 15 is 0 Å². The molecule has 2 aromatic heterocycles. The summed E-state index contributed by atoms with van der Waals surface area (Å²) in [6.45, 7) is 22.8. The third-order valence-electron chi connectivity index (χ3n) is 15.8. The molecule has 13 rings (SSSR count). The number of anilines is 4. The van der Waals surface area contributed by atoms with Gasteiger partial charge in [-0.2, -0.15) is 6.07 Å². The third-order valence-corrected chi connectivity index (χ3v) is 15.8. The van der Waals surface area contributed by atoms with E-state index in [4.69, 9.17) is 9.72 Å². The molecule has 0 unspecified atom stereocenters. The fourth-order valence-electron chi connectivity index (χ4n) is 11.9. The van der Waals surface area contributed by atoms with E-state index in [2.05, 4.69) is 296 Å². The summed E-state index contributed by atoms with van der Waals surface area (Å²) < 4.78 is 9.53. The quantitative estimate of drug-likeness (QED) is 0.142. The Morgan fingerprint density at radius 3 is 1.67 bits per heavy atom. The summed E-state index contributed by atoms with van der Waals surface area (Å²) in [5, 5.41) is 2.25. The van der Waals surface area contributed by atoms with Gasteiger partial charge in [-0.05, 0) is 108 Å². The molecule has 0 spiro atoms. The van der Waals surface area contributed by atoms with Gasteiger partial charge in [-0.3, -0.25) is 0 Å². The Bertz CT molecular complexity index is 4010. The molecule has 6 heteroatoms. The number of hydrogen-bond acceptors (Lipinski definition) is 4. The molecular weight excluding hydrogens is 1140 g/mol. The van der Waals surface area contributed by atoms with Crippen molar-refractivity contribution >= 4 is 44.6 Å². The average Bonchev–Trinajstić information content (AvgIpc) is 4.05. The fourth-order valence-corrected chi connectivity index (χ4v) is 11.9. The molecule has 0 amide bonds. The maximum atomic E-state index is 7.22. The summed E-state index contributed by atoms with van der Waals surface area (Å²) in [5.74, 6) is 1.99. The predicted octanol–water partition coefficient (Wildman–Crippen LogP) is 19.4. The second kappa shape index (κ2) is 19.7. The van der Waals surface area contributed by atoms with Crippen molar-refractivity contribution in [2.45, 2.75) is 84.5 Å². The molecule has 0 atom stereocenters. The van der Waals surface area contributed by atoms with Crippen LogP contribution in [0, 0.1) is 18.8 Å². The van der Waals surface area contributed by atoms with Crippen molar-refractivity contribution in [1.82, 2.24) is 9.55 Å². The summed E-state index contributed by atoms with van der Waals surface area (Å²) in [7, 11) is 0. The number of hydrogen-bond donors (Lipinski definition) is 0. The Balaban J connectivity index is 0.00000623. The van der Waals surface area contributed by atoms with Crippen LogP contribution in [0.4, 0.5) is 22.7 Å². The van der Waals surface area contributed by atoms with Gasteiger partial charge in [0.25, 0.3) is 0 Å². The SMILES string of the molecule is CC(C)(C)c1ccnc(-n2c3[c-]c(Oc4[c-]c(N5[CH-]N(c6c(-c7ccccc7)cc(C(C)(C)C)cc6-c6ccccc6)c6ccccc65)cc(C5c6ccccc6-c6ccccc65)c4)ccc3c3cccc(C(C)(C)C)c32)c1.[Pt]. The van der Waals surface area contributed by atoms with Crippen LogP contribution in [0.3, 0.4) is 0 Å². The van der Waals surface area contributed by atoms with Crippen molar-refractivity contribution in [2.75, 3.05) is 9.80 Å². The van der Waals surface area contributed by atoms with Gasteiger partial charge in [0.2, 0.25) is 0 Å². The minimum atomic E-state index is -0.140. The molecule has 0 fully saturated rings. The molecular formula is C73H63N4OPt-3. The van der Waals surface area contributed by atoms with Crippen LogP contribution >= 0.6 is 0 Å². The summed E-state index contributed by atoms with van der Waals surface area (Å²) in [6.07, 6.45) is 1.94. The standard InChI is InChI=1S/C73H63N4O.Pt/c1-71(2,3)50-37-38-74-67(43-50)77-66-45-53(35-36-57(66)60-31-22-32-63(70(60)77)73(7,8)9)78-54-40-49(68-58-29-18-16-27-55(58)56-28-17-19-30-59(56)68)39-52(44-54)75-46-76(65-34-21-20-33-64(65)75)69-61(47-23-12-10-13-24-47)41-51(72(4,5)6)42-62(69)48-25-14-11-15-26-48;/h10-43,46,68H,1-9H3;/q-3;. The van der Waals surface area contributed by atoms with Crippen LogP contribution in [-0.4, -0.2) is 9.55 Å². The summed E-state index contributed by atoms with van der Waals surface area (Å²) in [5.41, 5.74) is 20.3. The second-order valence-electron chi connectivity index (χ2n) is 24.1. The number of rotatable bonds is 8. The van der Waals surface area contributed by atoms with Gasteiger partial charge in [-0.1, -0.05) is 207 Å². The Labute approximate surface area is 480 Å². The third kappa shape index (κ3) is 9.16. The molecule has 1 aliphatic heterocycles. The minimum Gasteiger partial charge on any atom is -0.509 e. The van der Waals surface area contributed by atoms with E-state index in [1.165, 1.54) is 38.9 Å². The first-order valence-corrected chi connectivity index (χ1v) is 27.3. The van der Waals surface area contributed by atoms with Crippen molar-refractivity contribution in [3.05, 3.63) is 259 Å². The van der Waals surface area contributed by atoms with E-state index in [0.29, 0.717) is 11.5 Å². The molecule has 394 valence electrons. The molecule has 0 radical (unpaired) electrons. The van der Waals surface area contributed by atoms with E-state index in [0.717, 1.165) is 78.2 Å². The maximum absolute atomic E-state index is 7.22. The van der Waals surface area contributed by atoms with Crippen LogP contribution in [0.25, 0.3) is 61.0 Å². The topological polar surface area (TPSA) is 33.5 Å². The van der Waals surface area contributed by atoms with Crippen LogP contribution in [0.2, 0.25) is 0 Å². The monoisotopic (exact) mass is 1210 g/mol. The Kier molecular flexibility index (Phi) is 12.9. The number of fused-ring (bicyclic) bond motifs is 7. The maximum Gasteiger partial charge on any atom is 0.135 e. The largest absolute Gasteiger partial charge is 0.509 e. The van der Waals surface area contributed by atoms with Crippen molar-refractivity contribution in [3.8, 4) is 50.7 Å². The molecule has 0 saturated carbocycles. The molecule has 0 bridgehead atoms. The predicted molar refractivity (Wildman–Crippen MR) is 324 cm³/mol. The van der Waals surface area contributed by atoms with Crippen LogP contribution in [0.15, 0.2) is 206 Å². The molecule has 79 heavy (non-hydrogen) atoms. The molecule has 0 N–H and O–H groups in total. The van der Waals surface area contributed by atoms with E-state index in [1.807, 2.05) is 6.20 Å². The number of pyridine rings is 1. The number of benzene rings is 9. The Morgan fingerprint density at radius 1 is 0.481 bits per heavy atom. The molecule has 3 heterocycles. The first kappa shape index (κ1) is 51.8. The zero-order valence-electron chi connectivity index (χ0n) is 46.3. The fraction of sp³-hybridized carbons (Fsp3) is 0.178. The Morgan fingerprint density at radius 2 is 1.06 bits per heavy atom. The van der Waals surface area contributed by atoms with Gasteiger partial charge < -0.3 is 19.1 Å². The van der Waals surface area contributed by atoms with E-state index < -0.39 is 0 Å². The van der Waals surface area contributed by atoms with Gasteiger partial charge in [0, 0.05) is 78.4 Å². The van der Waals surface area contributed by atoms with Crippen molar-refractivity contribution in [1.29, 1.82) is 0 Å². The van der Waals surface area contributed by atoms with Gasteiger partial charge in [-0.15, -0.1) is 53.6 Å². The van der Waals surface area contributed by atoms with Crippen LogP contribution in [0.5, 0.6) is 11.5 Å². The first-order chi connectivity index (χ1) is 37.6. The molecule has 0 saturated heterocycles. The van der Waals surface area contributed by atoms with Crippen molar-refractivity contribution in [2.24, 2.45) is 0 Å². The molecule has 2 aliphatic rings. The smallest absolute Gasteiger partial charge is 0.135 e. The average molecular weight is 1210 g/mol. The number of para-hydroxylation sites is 3. The van der Waals surface area contributed by atoms with Gasteiger partial charge in [0.05, 0.1) is 0 Å². The van der Waals surface area contributed by atoms with Crippen molar-refractivity contribution in [3.63, 3.8) is 0 Å². The zero-order valence-corrected chi connectivity index (χ0v) is 48.6. The van der Waals surface area contributed by atoms with Gasteiger partial charge in [0.1, 0.15) is 5.82 Å². The normalized spacial score (nSPS) is 13.4. The zero-order chi connectivity index (χ0) is 53.7.